The molecule has 1 saturated heterocycles. The predicted octanol–water partition coefficient (Wildman–Crippen LogP) is 5.33. The number of ketones is 1. The number of ether oxygens (including phenoxy) is 1. The fraction of sp³-hybridized carbons (Fsp3) is 0.269. The van der Waals surface area contributed by atoms with E-state index in [4.69, 9.17) is 4.74 Å². The Kier molecular flexibility index (Phi) is 7.19. The van der Waals surface area contributed by atoms with Gasteiger partial charge in [0.05, 0.1) is 18.2 Å². The maximum absolute atomic E-state index is 13.1. The average molecular weight is 463 g/mol. The zero-order valence-electron chi connectivity index (χ0n) is 18.4. The Bertz CT molecular complexity index is 1120. The SMILES string of the molecule is CCCCCOc1ccc(/C(O)=C2/C(=O)C(=O)N(Cc3ccncc3)C2c2cccs2)cc1. The van der Waals surface area contributed by atoms with Gasteiger partial charge in [0, 0.05) is 29.4 Å². The van der Waals surface area contributed by atoms with Crippen molar-refractivity contribution in [3.8, 4) is 5.75 Å². The van der Waals surface area contributed by atoms with E-state index in [9.17, 15) is 14.7 Å². The van der Waals surface area contributed by atoms with Crippen LogP contribution >= 0.6 is 11.3 Å². The molecule has 33 heavy (non-hydrogen) atoms. The lowest BCUT2D eigenvalue weighted by Crippen LogP contribution is -2.28. The van der Waals surface area contributed by atoms with Gasteiger partial charge in [0.15, 0.2) is 0 Å². The molecular formula is C26H26N2O4S. The number of pyridine rings is 1. The predicted molar refractivity (Wildman–Crippen MR) is 128 cm³/mol. The van der Waals surface area contributed by atoms with E-state index in [1.54, 1.807) is 36.7 Å². The highest BCUT2D eigenvalue weighted by atomic mass is 32.1. The highest BCUT2D eigenvalue weighted by molar-refractivity contribution is 7.10. The molecule has 170 valence electrons. The van der Waals surface area contributed by atoms with E-state index in [1.807, 2.05) is 29.6 Å². The fourth-order valence-corrected chi connectivity index (χ4v) is 4.72. The average Bonchev–Trinajstić information content (AvgIpc) is 3.45. The van der Waals surface area contributed by atoms with Gasteiger partial charge in [0.25, 0.3) is 11.7 Å². The van der Waals surface area contributed by atoms with Gasteiger partial charge in [-0.05, 0) is 59.8 Å². The summed E-state index contributed by atoms with van der Waals surface area (Å²) in [5.41, 5.74) is 1.44. The van der Waals surface area contributed by atoms with E-state index in [0.717, 1.165) is 29.7 Å². The Labute approximate surface area is 197 Å². The topological polar surface area (TPSA) is 79.7 Å². The van der Waals surface area contributed by atoms with Gasteiger partial charge in [-0.2, -0.15) is 0 Å². The summed E-state index contributed by atoms with van der Waals surface area (Å²) in [5.74, 6) is -0.778. The van der Waals surface area contributed by atoms with Crippen LogP contribution in [0.3, 0.4) is 0 Å². The van der Waals surface area contributed by atoms with Gasteiger partial charge < -0.3 is 14.7 Å². The summed E-state index contributed by atoms with van der Waals surface area (Å²) in [6.45, 7) is 3.02. The number of aliphatic hydroxyl groups excluding tert-OH is 1. The number of hydrogen-bond acceptors (Lipinski definition) is 6. The van der Waals surface area contributed by atoms with Gasteiger partial charge in [-0.15, -0.1) is 11.3 Å². The standard InChI is InChI=1S/C26H26N2O4S/c1-2-3-4-15-32-20-9-7-19(8-10-20)24(29)22-23(21-6-5-16-33-21)28(26(31)25(22)30)17-18-11-13-27-14-12-18/h5-14,16,23,29H,2-4,15,17H2,1H3/b24-22-. The van der Waals surface area contributed by atoms with Crippen LogP contribution in [0.15, 0.2) is 71.9 Å². The van der Waals surface area contributed by atoms with Crippen LogP contribution in [-0.4, -0.2) is 33.3 Å². The van der Waals surface area contributed by atoms with Gasteiger partial charge in [0.2, 0.25) is 0 Å². The second-order valence-corrected chi connectivity index (χ2v) is 8.86. The quantitative estimate of drug-likeness (QED) is 0.201. The van der Waals surface area contributed by atoms with Crippen LogP contribution in [0, 0.1) is 0 Å². The number of carbonyl (C=O) groups is 2. The van der Waals surface area contributed by atoms with Crippen LogP contribution in [0.5, 0.6) is 5.75 Å². The molecule has 1 fully saturated rings. The number of nitrogens with zero attached hydrogens (tertiary/aromatic N) is 2. The zero-order valence-corrected chi connectivity index (χ0v) is 19.3. The van der Waals surface area contributed by atoms with E-state index < -0.39 is 17.7 Å². The number of rotatable bonds is 9. The Balaban J connectivity index is 1.65. The number of likely N-dealkylation sites (tertiary alicyclic amines) is 1. The number of benzene rings is 1. The third-order valence-corrected chi connectivity index (χ3v) is 6.52. The lowest BCUT2D eigenvalue weighted by atomic mass is 9.99. The first-order valence-corrected chi connectivity index (χ1v) is 11.9. The molecule has 0 aliphatic carbocycles. The van der Waals surface area contributed by atoms with Crippen LogP contribution in [-0.2, 0) is 16.1 Å². The van der Waals surface area contributed by atoms with Crippen molar-refractivity contribution < 1.29 is 19.4 Å². The number of thiophene rings is 1. The largest absolute Gasteiger partial charge is 0.507 e. The number of aromatic nitrogens is 1. The molecule has 3 aromatic rings. The van der Waals surface area contributed by atoms with E-state index >= 15 is 0 Å². The molecule has 1 aromatic carbocycles. The van der Waals surface area contributed by atoms with Gasteiger partial charge in [-0.25, -0.2) is 0 Å². The molecule has 2 aromatic heterocycles. The minimum atomic E-state index is -0.681. The Hall–Kier alpha value is -3.45. The normalized spacial score (nSPS) is 17.5. The van der Waals surface area contributed by atoms with Crippen molar-refractivity contribution in [2.45, 2.75) is 38.8 Å². The van der Waals surface area contributed by atoms with Crippen LogP contribution in [0.1, 0.15) is 48.2 Å². The lowest BCUT2D eigenvalue weighted by molar-refractivity contribution is -0.140. The van der Waals surface area contributed by atoms with Crippen molar-refractivity contribution in [1.29, 1.82) is 0 Å². The zero-order chi connectivity index (χ0) is 23.2. The van der Waals surface area contributed by atoms with Crippen LogP contribution in [0.4, 0.5) is 0 Å². The lowest BCUT2D eigenvalue weighted by Gasteiger charge is -2.24. The fourth-order valence-electron chi connectivity index (χ4n) is 3.88. The van der Waals surface area contributed by atoms with E-state index in [0.29, 0.717) is 17.9 Å². The summed E-state index contributed by atoms with van der Waals surface area (Å²) in [6.07, 6.45) is 6.52. The number of unbranched alkanes of at least 4 members (excludes halogenated alkanes) is 2. The van der Waals surface area contributed by atoms with Crippen LogP contribution in [0.25, 0.3) is 5.76 Å². The molecule has 4 rings (SSSR count). The molecule has 1 atom stereocenters. The molecule has 0 radical (unpaired) electrons. The Morgan fingerprint density at radius 1 is 1.09 bits per heavy atom. The molecule has 0 bridgehead atoms. The smallest absolute Gasteiger partial charge is 0.295 e. The highest BCUT2D eigenvalue weighted by Crippen LogP contribution is 2.41. The maximum Gasteiger partial charge on any atom is 0.295 e. The molecule has 0 saturated carbocycles. The molecule has 0 spiro atoms. The molecule has 6 nitrogen and oxygen atoms in total. The van der Waals surface area contributed by atoms with Crippen molar-refractivity contribution in [2.24, 2.45) is 0 Å². The van der Waals surface area contributed by atoms with Gasteiger partial charge >= 0.3 is 0 Å². The summed E-state index contributed by atoms with van der Waals surface area (Å²) < 4.78 is 5.74. The van der Waals surface area contributed by atoms with E-state index in [2.05, 4.69) is 11.9 Å². The van der Waals surface area contributed by atoms with Gasteiger partial charge in [0.1, 0.15) is 11.5 Å². The first kappa shape index (κ1) is 22.7. The van der Waals surface area contributed by atoms with Crippen molar-refractivity contribution in [1.82, 2.24) is 9.88 Å². The van der Waals surface area contributed by atoms with Crippen molar-refractivity contribution >= 4 is 28.8 Å². The summed E-state index contributed by atoms with van der Waals surface area (Å²) >= 11 is 1.45. The molecule has 1 unspecified atom stereocenters. The molecular weight excluding hydrogens is 436 g/mol. The Morgan fingerprint density at radius 2 is 1.85 bits per heavy atom. The summed E-state index contributed by atoms with van der Waals surface area (Å²) in [5, 5.41) is 13.0. The molecule has 7 heteroatoms. The third-order valence-electron chi connectivity index (χ3n) is 5.60. The van der Waals surface area contributed by atoms with Crippen LogP contribution < -0.4 is 4.74 Å². The Morgan fingerprint density at radius 3 is 2.52 bits per heavy atom. The summed E-state index contributed by atoms with van der Waals surface area (Å²) in [6, 6.07) is 13.7. The molecule has 3 heterocycles. The minimum Gasteiger partial charge on any atom is -0.507 e. The number of amides is 1. The molecule has 1 amide bonds. The van der Waals surface area contributed by atoms with Crippen LogP contribution in [0.2, 0.25) is 0 Å². The second kappa shape index (κ2) is 10.4. The molecule has 1 aliphatic heterocycles. The monoisotopic (exact) mass is 462 g/mol. The summed E-state index contributed by atoms with van der Waals surface area (Å²) in [4.78, 5) is 32.4. The second-order valence-electron chi connectivity index (χ2n) is 7.88. The van der Waals surface area contributed by atoms with Crippen molar-refractivity contribution in [3.05, 3.63) is 87.9 Å². The molecule has 1 aliphatic rings. The number of aliphatic hydroxyl groups is 1. The first-order valence-electron chi connectivity index (χ1n) is 11.0. The maximum atomic E-state index is 13.1. The number of hydrogen-bond donors (Lipinski definition) is 1. The van der Waals surface area contributed by atoms with Gasteiger partial charge in [-0.3, -0.25) is 14.6 Å². The van der Waals surface area contributed by atoms with E-state index in [-0.39, 0.29) is 17.9 Å². The van der Waals surface area contributed by atoms with Crippen molar-refractivity contribution in [2.75, 3.05) is 6.61 Å². The minimum absolute atomic E-state index is 0.105. The number of Topliss-reactive ketones (excluding diaryl/α,β-unsaturated/α-hetero) is 1. The van der Waals surface area contributed by atoms with Crippen molar-refractivity contribution in [3.63, 3.8) is 0 Å². The summed E-state index contributed by atoms with van der Waals surface area (Å²) in [7, 11) is 0. The van der Waals surface area contributed by atoms with Gasteiger partial charge in [-0.1, -0.05) is 25.8 Å². The number of carbonyl (C=O) groups excluding carboxylic acids is 2. The first-order chi connectivity index (χ1) is 16.1. The molecule has 1 N–H and O–H groups in total. The van der Waals surface area contributed by atoms with E-state index in [1.165, 1.54) is 16.2 Å². The highest BCUT2D eigenvalue weighted by Gasteiger charge is 2.46. The third kappa shape index (κ3) is 4.98.